The lowest BCUT2D eigenvalue weighted by Gasteiger charge is -2.07. The number of aromatic nitrogens is 4. The van der Waals surface area contributed by atoms with Crippen LogP contribution in [0.1, 0.15) is 18.4 Å². The summed E-state index contributed by atoms with van der Waals surface area (Å²) in [6.07, 6.45) is 0. The maximum Gasteiger partial charge on any atom is 0.322 e. The molecule has 2 heterocycles. The van der Waals surface area contributed by atoms with Crippen molar-refractivity contribution in [3.63, 3.8) is 0 Å². The minimum atomic E-state index is 0.252. The van der Waals surface area contributed by atoms with Crippen LogP contribution >= 0.6 is 0 Å². The Morgan fingerprint density at radius 1 is 1.21 bits per heavy atom. The topological polar surface area (TPSA) is 98.0 Å². The Labute approximate surface area is 110 Å². The molecule has 0 fully saturated rings. The highest BCUT2D eigenvalue weighted by molar-refractivity contribution is 5.36. The van der Waals surface area contributed by atoms with Gasteiger partial charge >= 0.3 is 6.01 Å². The molecular weight excluding hydrogens is 248 g/mol. The van der Waals surface area contributed by atoms with Crippen LogP contribution in [0.5, 0.6) is 6.01 Å². The van der Waals surface area contributed by atoms with E-state index in [1.807, 2.05) is 19.9 Å². The van der Waals surface area contributed by atoms with Gasteiger partial charge in [-0.15, -0.1) is 0 Å². The fourth-order valence-electron chi connectivity index (χ4n) is 1.43. The number of anilines is 2. The zero-order chi connectivity index (χ0) is 13.7. The largest absolute Gasteiger partial charge is 0.467 e. The van der Waals surface area contributed by atoms with E-state index < -0.39 is 0 Å². The third kappa shape index (κ3) is 3.54. The Bertz CT molecular complexity index is 542. The molecule has 0 aliphatic heterocycles. The number of methoxy groups -OCH3 is 1. The second-order valence-corrected chi connectivity index (χ2v) is 3.79. The van der Waals surface area contributed by atoms with Crippen molar-refractivity contribution in [2.24, 2.45) is 0 Å². The van der Waals surface area contributed by atoms with Crippen molar-refractivity contribution in [3.8, 4) is 6.01 Å². The zero-order valence-electron chi connectivity index (χ0n) is 11.1. The van der Waals surface area contributed by atoms with Gasteiger partial charge in [0.25, 0.3) is 0 Å². The molecule has 2 aromatic heterocycles. The highest BCUT2D eigenvalue weighted by atomic mass is 16.5. The average molecular weight is 264 g/mol. The quantitative estimate of drug-likeness (QED) is 0.803. The normalized spacial score (nSPS) is 10.3. The summed E-state index contributed by atoms with van der Waals surface area (Å²) in [6.45, 7) is 4.98. The van der Waals surface area contributed by atoms with Gasteiger partial charge in [-0.1, -0.05) is 5.16 Å². The first-order valence-corrected chi connectivity index (χ1v) is 5.91. The molecule has 0 radical (unpaired) electrons. The van der Waals surface area contributed by atoms with Crippen molar-refractivity contribution in [2.45, 2.75) is 20.4 Å². The summed E-state index contributed by atoms with van der Waals surface area (Å²) in [5.74, 6) is 1.59. The van der Waals surface area contributed by atoms with Gasteiger partial charge in [0, 0.05) is 12.6 Å². The fourth-order valence-corrected chi connectivity index (χ4v) is 1.43. The summed E-state index contributed by atoms with van der Waals surface area (Å²) in [7, 11) is 1.51. The second-order valence-electron chi connectivity index (χ2n) is 3.79. The first-order chi connectivity index (χ1) is 9.21. The van der Waals surface area contributed by atoms with Crippen molar-refractivity contribution in [3.05, 3.63) is 17.5 Å². The molecule has 102 valence electrons. The van der Waals surface area contributed by atoms with Gasteiger partial charge in [-0.3, -0.25) is 0 Å². The third-order valence-electron chi connectivity index (χ3n) is 2.23. The van der Waals surface area contributed by atoms with Crippen LogP contribution in [0, 0.1) is 6.92 Å². The van der Waals surface area contributed by atoms with Crippen LogP contribution in [0.15, 0.2) is 10.6 Å². The predicted octanol–water partition coefficient (Wildman–Crippen LogP) is 1.22. The Hall–Kier alpha value is -2.38. The molecule has 0 saturated heterocycles. The van der Waals surface area contributed by atoms with Crippen LogP contribution in [-0.2, 0) is 6.54 Å². The molecule has 0 aliphatic carbocycles. The Morgan fingerprint density at radius 3 is 2.53 bits per heavy atom. The second kappa shape index (κ2) is 5.98. The standard InChI is InChI=1S/C11H16N6O2/c1-4-12-9-14-10(16-11(15-9)18-3)13-6-8-5-7(2)17-19-8/h5H,4,6H2,1-3H3,(H2,12,13,14,15,16). The van der Waals surface area contributed by atoms with Gasteiger partial charge in [0.05, 0.1) is 19.3 Å². The summed E-state index contributed by atoms with van der Waals surface area (Å²) < 4.78 is 10.1. The molecule has 2 rings (SSSR count). The van der Waals surface area contributed by atoms with Gasteiger partial charge in [0.15, 0.2) is 5.76 Å². The lowest BCUT2D eigenvalue weighted by atomic mass is 10.4. The minimum absolute atomic E-state index is 0.252. The minimum Gasteiger partial charge on any atom is -0.467 e. The summed E-state index contributed by atoms with van der Waals surface area (Å²) >= 11 is 0. The van der Waals surface area contributed by atoms with Gasteiger partial charge in [-0.2, -0.15) is 15.0 Å². The summed E-state index contributed by atoms with van der Waals surface area (Å²) in [4.78, 5) is 12.4. The van der Waals surface area contributed by atoms with E-state index in [4.69, 9.17) is 9.26 Å². The van der Waals surface area contributed by atoms with E-state index in [9.17, 15) is 0 Å². The number of hydrogen-bond acceptors (Lipinski definition) is 8. The molecule has 0 atom stereocenters. The fraction of sp³-hybridized carbons (Fsp3) is 0.455. The van der Waals surface area contributed by atoms with E-state index >= 15 is 0 Å². The highest BCUT2D eigenvalue weighted by Gasteiger charge is 2.07. The van der Waals surface area contributed by atoms with Crippen molar-refractivity contribution in [2.75, 3.05) is 24.3 Å². The summed E-state index contributed by atoms with van der Waals surface area (Å²) in [5, 5.41) is 9.84. The van der Waals surface area contributed by atoms with Crippen LogP contribution in [-0.4, -0.2) is 33.8 Å². The van der Waals surface area contributed by atoms with Crippen LogP contribution in [0.4, 0.5) is 11.9 Å². The van der Waals surface area contributed by atoms with Crippen LogP contribution in [0.2, 0.25) is 0 Å². The van der Waals surface area contributed by atoms with Crippen molar-refractivity contribution in [1.82, 2.24) is 20.1 Å². The molecule has 8 nitrogen and oxygen atoms in total. The molecule has 0 unspecified atom stereocenters. The first kappa shape index (κ1) is 13.1. The Balaban J connectivity index is 2.08. The van der Waals surface area contributed by atoms with E-state index in [0.717, 1.165) is 5.69 Å². The average Bonchev–Trinajstić information content (AvgIpc) is 2.82. The van der Waals surface area contributed by atoms with Gasteiger partial charge in [-0.05, 0) is 13.8 Å². The Morgan fingerprint density at radius 2 is 1.95 bits per heavy atom. The van der Waals surface area contributed by atoms with Gasteiger partial charge in [-0.25, -0.2) is 0 Å². The molecule has 0 spiro atoms. The molecule has 0 bridgehead atoms. The summed E-state index contributed by atoms with van der Waals surface area (Å²) in [5.41, 5.74) is 0.832. The molecule has 2 aromatic rings. The maximum atomic E-state index is 5.09. The third-order valence-corrected chi connectivity index (χ3v) is 2.23. The lowest BCUT2D eigenvalue weighted by molar-refractivity contribution is 0.377. The number of rotatable bonds is 6. The number of nitrogens with zero attached hydrogens (tertiary/aromatic N) is 4. The zero-order valence-corrected chi connectivity index (χ0v) is 11.1. The van der Waals surface area contributed by atoms with Gasteiger partial charge in [0.1, 0.15) is 0 Å². The SMILES string of the molecule is CCNc1nc(NCc2cc(C)no2)nc(OC)n1. The van der Waals surface area contributed by atoms with E-state index in [2.05, 4.69) is 30.7 Å². The van der Waals surface area contributed by atoms with Crippen molar-refractivity contribution >= 4 is 11.9 Å². The highest BCUT2D eigenvalue weighted by Crippen LogP contribution is 2.12. The maximum absolute atomic E-state index is 5.09. The monoisotopic (exact) mass is 264 g/mol. The molecule has 0 aromatic carbocycles. The van der Waals surface area contributed by atoms with E-state index in [0.29, 0.717) is 30.7 Å². The predicted molar refractivity (Wildman–Crippen MR) is 69.1 cm³/mol. The van der Waals surface area contributed by atoms with Crippen LogP contribution < -0.4 is 15.4 Å². The number of nitrogens with one attached hydrogen (secondary N) is 2. The smallest absolute Gasteiger partial charge is 0.322 e. The molecule has 19 heavy (non-hydrogen) atoms. The lowest BCUT2D eigenvalue weighted by Crippen LogP contribution is -2.09. The van der Waals surface area contributed by atoms with Crippen molar-refractivity contribution in [1.29, 1.82) is 0 Å². The molecule has 8 heteroatoms. The van der Waals surface area contributed by atoms with E-state index in [-0.39, 0.29) is 6.01 Å². The molecule has 0 amide bonds. The number of hydrogen-bond donors (Lipinski definition) is 2. The molecule has 0 aliphatic rings. The van der Waals surface area contributed by atoms with Crippen molar-refractivity contribution < 1.29 is 9.26 Å². The van der Waals surface area contributed by atoms with E-state index in [1.54, 1.807) is 0 Å². The first-order valence-electron chi connectivity index (χ1n) is 5.91. The number of aryl methyl sites for hydroxylation is 1. The van der Waals surface area contributed by atoms with Gasteiger partial charge in [0.2, 0.25) is 11.9 Å². The molecule has 2 N–H and O–H groups in total. The number of ether oxygens (including phenoxy) is 1. The molecule has 0 saturated carbocycles. The summed E-state index contributed by atoms with van der Waals surface area (Å²) in [6, 6.07) is 2.10. The van der Waals surface area contributed by atoms with Gasteiger partial charge < -0.3 is 19.9 Å². The van der Waals surface area contributed by atoms with Crippen LogP contribution in [0.3, 0.4) is 0 Å². The van der Waals surface area contributed by atoms with Crippen LogP contribution in [0.25, 0.3) is 0 Å². The molecular formula is C11H16N6O2. The Kier molecular flexibility index (Phi) is 4.11. The van der Waals surface area contributed by atoms with E-state index in [1.165, 1.54) is 7.11 Å².